The van der Waals surface area contributed by atoms with Gasteiger partial charge in [-0.2, -0.15) is 13.2 Å². The third-order valence-electron chi connectivity index (χ3n) is 9.88. The van der Waals surface area contributed by atoms with Crippen LogP contribution in [0.25, 0.3) is 21.1 Å². The van der Waals surface area contributed by atoms with Gasteiger partial charge in [-0.05, 0) is 86.6 Å². The molecule has 0 spiro atoms. The quantitative estimate of drug-likeness (QED) is 0.148. The molecule has 1 aromatic carbocycles. The third-order valence-corrected chi connectivity index (χ3v) is 10.9. The summed E-state index contributed by atoms with van der Waals surface area (Å²) >= 11 is 1.08. The summed E-state index contributed by atoms with van der Waals surface area (Å²) in [5.41, 5.74) is 6.34. The number of pyridine rings is 1. The first kappa shape index (κ1) is 32.3. The molecule has 48 heavy (non-hydrogen) atoms. The predicted octanol–water partition coefficient (Wildman–Crippen LogP) is 7.70. The van der Waals surface area contributed by atoms with Gasteiger partial charge in [-0.25, -0.2) is 15.0 Å². The van der Waals surface area contributed by atoms with E-state index in [1.54, 1.807) is 6.07 Å². The summed E-state index contributed by atoms with van der Waals surface area (Å²) in [4.78, 5) is 28.0. The van der Waals surface area contributed by atoms with Crippen LogP contribution in [0.4, 0.5) is 24.8 Å². The Labute approximate surface area is 281 Å². The highest BCUT2D eigenvalue weighted by Gasteiger charge is 2.45. The maximum Gasteiger partial charge on any atom is 0.393 e. The summed E-state index contributed by atoms with van der Waals surface area (Å²) < 4.78 is 41.3. The number of carbonyl (C=O) groups is 1. The van der Waals surface area contributed by atoms with E-state index in [1.165, 1.54) is 45.7 Å². The van der Waals surface area contributed by atoms with Gasteiger partial charge < -0.3 is 15.2 Å². The van der Waals surface area contributed by atoms with Gasteiger partial charge >= 0.3 is 6.18 Å². The lowest BCUT2D eigenvalue weighted by Crippen LogP contribution is -2.39. The van der Waals surface area contributed by atoms with E-state index in [1.807, 2.05) is 12.3 Å². The Bertz CT molecular complexity index is 1990. The minimum atomic E-state index is -4.25. The summed E-state index contributed by atoms with van der Waals surface area (Å²) in [6.45, 7) is 11.5. The molecule has 2 aliphatic rings. The van der Waals surface area contributed by atoms with Gasteiger partial charge in [0.2, 0.25) is 5.91 Å². The van der Waals surface area contributed by atoms with Crippen LogP contribution >= 0.6 is 11.3 Å². The number of nitrogens with zero attached hydrogens (tertiary/aromatic N) is 5. The minimum absolute atomic E-state index is 0.0436. The smallest absolute Gasteiger partial charge is 0.367 e. The molecular weight excluding hydrogens is 636 g/mol. The maximum absolute atomic E-state index is 13.0. The highest BCUT2D eigenvalue weighted by Crippen LogP contribution is 2.50. The number of likely N-dealkylation sites (tertiary alicyclic amines) is 1. The third kappa shape index (κ3) is 6.68. The number of aromatic nitrogens is 4. The number of thiophene rings is 1. The monoisotopic (exact) mass is 673 g/mol. The van der Waals surface area contributed by atoms with Crippen LogP contribution in [0.5, 0.6) is 0 Å². The normalized spacial score (nSPS) is 16.8. The van der Waals surface area contributed by atoms with Crippen LogP contribution in [-0.4, -0.2) is 55.6 Å². The second-order valence-electron chi connectivity index (χ2n) is 13.2. The van der Waals surface area contributed by atoms with Gasteiger partial charge in [-0.1, -0.05) is 18.7 Å². The molecule has 2 N–H and O–H groups in total. The van der Waals surface area contributed by atoms with Crippen LogP contribution < -0.4 is 10.6 Å². The molecule has 5 aromatic rings. The fourth-order valence-corrected chi connectivity index (χ4v) is 7.99. The van der Waals surface area contributed by atoms with Gasteiger partial charge in [0, 0.05) is 65.3 Å². The van der Waals surface area contributed by atoms with Crippen LogP contribution in [-0.2, 0) is 29.7 Å². The molecule has 1 saturated heterocycles. The molecule has 2 fully saturated rings. The first-order valence-electron chi connectivity index (χ1n) is 16.3. The average Bonchev–Trinajstić information content (AvgIpc) is 3.62. The zero-order chi connectivity index (χ0) is 33.6. The Morgan fingerprint density at radius 2 is 1.88 bits per heavy atom. The first-order chi connectivity index (χ1) is 23.0. The summed E-state index contributed by atoms with van der Waals surface area (Å²) in [6.07, 6.45) is 3.38. The summed E-state index contributed by atoms with van der Waals surface area (Å²) in [5.74, 6) is 0.868. The topological polar surface area (TPSA) is 88.0 Å². The number of halogens is 3. The minimum Gasteiger partial charge on any atom is -0.367 e. The van der Waals surface area contributed by atoms with Crippen LogP contribution in [0.2, 0.25) is 0 Å². The zero-order valence-electron chi connectivity index (χ0n) is 27.0. The Morgan fingerprint density at radius 3 is 2.56 bits per heavy atom. The van der Waals surface area contributed by atoms with Crippen LogP contribution in [0.1, 0.15) is 52.9 Å². The fourth-order valence-electron chi connectivity index (χ4n) is 6.96. The molecule has 0 radical (unpaired) electrons. The lowest BCUT2D eigenvalue weighted by molar-refractivity contribution is -0.126. The summed E-state index contributed by atoms with van der Waals surface area (Å²) in [7, 11) is 0. The van der Waals surface area contributed by atoms with Crippen molar-refractivity contribution in [3.05, 3.63) is 88.8 Å². The Balaban J connectivity index is 0.995. The van der Waals surface area contributed by atoms with E-state index in [0.717, 1.165) is 63.2 Å². The second-order valence-corrected chi connectivity index (χ2v) is 14.3. The van der Waals surface area contributed by atoms with Crippen LogP contribution in [0.15, 0.2) is 61.6 Å². The molecule has 1 aliphatic carbocycles. The number of piperidine rings is 1. The number of fused-ring (bicyclic) bond motifs is 2. The van der Waals surface area contributed by atoms with E-state index in [-0.39, 0.29) is 22.2 Å². The number of carbonyl (C=O) groups excluding carboxylic acids is 1. The number of aryl methyl sites for hydroxylation is 2. The number of amides is 1. The zero-order valence-corrected chi connectivity index (χ0v) is 27.8. The van der Waals surface area contributed by atoms with E-state index in [0.29, 0.717) is 21.9 Å². The number of rotatable bonds is 10. The number of anilines is 2. The molecular formula is C36H38F3N7OS. The molecule has 250 valence electrons. The molecule has 0 bridgehead atoms. The standard InChI is InChI=1S/C36H38F3N7OS/c1-4-32(47)44-31-8-6-25(18-40-31)35(11-12-35)20-46-22(2)15-28-23(3)24(5-7-30(28)46)19-45-13-9-26(10-14-45)43-33-29-16-27(17-36(37,38)39)48-34(29)42-21-41-33/h4-8,15-16,18,21,26H,1,9-14,17,19-20H2,2-3H3,(H,40,44,47)(H,41,42,43). The van der Waals surface area contributed by atoms with Crippen molar-refractivity contribution in [2.45, 2.75) is 76.7 Å². The molecule has 5 heterocycles. The van der Waals surface area contributed by atoms with Crippen LogP contribution in [0.3, 0.4) is 0 Å². The molecule has 1 amide bonds. The van der Waals surface area contributed by atoms with Gasteiger partial charge in [0.15, 0.2) is 0 Å². The number of hydrogen-bond donors (Lipinski definition) is 2. The lowest BCUT2D eigenvalue weighted by atomic mass is 9.97. The first-order valence-corrected chi connectivity index (χ1v) is 17.1. The van der Waals surface area contributed by atoms with Crippen molar-refractivity contribution in [2.24, 2.45) is 0 Å². The van der Waals surface area contributed by atoms with Gasteiger partial charge in [-0.3, -0.25) is 9.69 Å². The molecule has 12 heteroatoms. The number of hydrogen-bond acceptors (Lipinski definition) is 7. The second kappa shape index (κ2) is 12.6. The van der Waals surface area contributed by atoms with Crippen molar-refractivity contribution in [1.82, 2.24) is 24.4 Å². The van der Waals surface area contributed by atoms with Crippen molar-refractivity contribution in [1.29, 1.82) is 0 Å². The maximum atomic E-state index is 13.0. The Morgan fingerprint density at radius 1 is 1.08 bits per heavy atom. The van der Waals surface area contributed by atoms with Gasteiger partial charge in [0.1, 0.15) is 22.8 Å². The van der Waals surface area contributed by atoms with Crippen molar-refractivity contribution < 1.29 is 18.0 Å². The van der Waals surface area contributed by atoms with Crippen molar-refractivity contribution in [2.75, 3.05) is 23.7 Å². The molecule has 1 saturated carbocycles. The van der Waals surface area contributed by atoms with Gasteiger partial charge in [0.25, 0.3) is 0 Å². The van der Waals surface area contributed by atoms with Crippen molar-refractivity contribution in [3.8, 4) is 0 Å². The molecule has 4 aromatic heterocycles. The lowest BCUT2D eigenvalue weighted by Gasteiger charge is -2.33. The number of nitrogens with one attached hydrogen (secondary N) is 2. The summed E-state index contributed by atoms with van der Waals surface area (Å²) in [6, 6.07) is 12.5. The van der Waals surface area contributed by atoms with Crippen molar-refractivity contribution >= 4 is 50.0 Å². The largest absolute Gasteiger partial charge is 0.393 e. The van der Waals surface area contributed by atoms with E-state index in [9.17, 15) is 18.0 Å². The highest BCUT2D eigenvalue weighted by atomic mass is 32.1. The average molecular weight is 674 g/mol. The van der Waals surface area contributed by atoms with E-state index >= 15 is 0 Å². The predicted molar refractivity (Wildman–Crippen MR) is 184 cm³/mol. The molecule has 8 nitrogen and oxygen atoms in total. The molecule has 1 aliphatic heterocycles. The van der Waals surface area contributed by atoms with E-state index in [4.69, 9.17) is 0 Å². The Hall–Kier alpha value is -4.29. The van der Waals surface area contributed by atoms with E-state index < -0.39 is 12.6 Å². The van der Waals surface area contributed by atoms with Crippen LogP contribution in [0, 0.1) is 13.8 Å². The summed E-state index contributed by atoms with van der Waals surface area (Å²) in [5, 5.41) is 8.16. The van der Waals surface area contributed by atoms with E-state index in [2.05, 4.69) is 79.7 Å². The van der Waals surface area contributed by atoms with Gasteiger partial charge in [0.05, 0.1) is 11.8 Å². The highest BCUT2D eigenvalue weighted by molar-refractivity contribution is 7.18. The molecule has 0 unspecified atom stereocenters. The molecule has 0 atom stereocenters. The number of benzene rings is 1. The Kier molecular flexibility index (Phi) is 8.49. The fraction of sp³-hybridized carbons (Fsp3) is 0.389. The SMILES string of the molecule is C=CC(=O)Nc1ccc(C2(Cn3c(C)cc4c(C)c(CN5CCC(Nc6ncnc7sc(CC(F)(F)F)cc67)CC5)ccc43)CC2)cn1. The number of alkyl halides is 3. The molecule has 7 rings (SSSR count). The van der Waals surface area contributed by atoms with Gasteiger partial charge in [-0.15, -0.1) is 11.3 Å². The van der Waals surface area contributed by atoms with Crippen molar-refractivity contribution in [3.63, 3.8) is 0 Å².